The molecule has 0 bridgehead atoms. The Morgan fingerprint density at radius 3 is 2.65 bits per heavy atom. The van der Waals surface area contributed by atoms with E-state index in [1.54, 1.807) is 6.92 Å². The van der Waals surface area contributed by atoms with Gasteiger partial charge in [-0.3, -0.25) is 4.79 Å². The zero-order chi connectivity index (χ0) is 12.3. The van der Waals surface area contributed by atoms with Gasteiger partial charge in [0.25, 0.3) is 5.91 Å². The summed E-state index contributed by atoms with van der Waals surface area (Å²) in [7, 11) is 0. The standard InChI is InChI=1S/C13H18N2O2/c1-9(13(16)15-11-4-5-11)17-12-6-2-10(8-14)3-7-12/h2-3,6-7,9,11H,4-5,8,14H2,1H3,(H,15,16). The van der Waals surface area contributed by atoms with Gasteiger partial charge in [-0.25, -0.2) is 0 Å². The van der Waals surface area contributed by atoms with E-state index in [2.05, 4.69) is 5.32 Å². The van der Waals surface area contributed by atoms with Gasteiger partial charge in [-0.05, 0) is 37.5 Å². The summed E-state index contributed by atoms with van der Waals surface area (Å²) in [5, 5.41) is 2.91. The minimum atomic E-state index is -0.459. The molecule has 1 fully saturated rings. The summed E-state index contributed by atoms with van der Waals surface area (Å²) in [5.74, 6) is 0.649. The summed E-state index contributed by atoms with van der Waals surface area (Å²) in [5.41, 5.74) is 6.55. The molecule has 1 aromatic carbocycles. The second-order valence-corrected chi connectivity index (χ2v) is 4.39. The van der Waals surface area contributed by atoms with Gasteiger partial charge in [0, 0.05) is 12.6 Å². The summed E-state index contributed by atoms with van der Waals surface area (Å²) in [6.45, 7) is 2.27. The van der Waals surface area contributed by atoms with Crippen LogP contribution in [0.5, 0.6) is 5.75 Å². The van der Waals surface area contributed by atoms with Crippen molar-refractivity contribution in [2.45, 2.75) is 38.5 Å². The fourth-order valence-electron chi connectivity index (χ4n) is 1.51. The second kappa shape index (κ2) is 5.19. The van der Waals surface area contributed by atoms with Crippen LogP contribution in [0.4, 0.5) is 0 Å². The molecule has 2 rings (SSSR count). The van der Waals surface area contributed by atoms with Crippen molar-refractivity contribution in [1.29, 1.82) is 0 Å². The number of amides is 1. The highest BCUT2D eigenvalue weighted by molar-refractivity contribution is 5.81. The van der Waals surface area contributed by atoms with Crippen molar-refractivity contribution in [3.63, 3.8) is 0 Å². The van der Waals surface area contributed by atoms with Gasteiger partial charge in [-0.2, -0.15) is 0 Å². The Bertz CT molecular complexity index is 385. The molecule has 3 N–H and O–H groups in total. The normalized spacial score (nSPS) is 16.4. The summed E-state index contributed by atoms with van der Waals surface area (Å²) in [4.78, 5) is 11.7. The number of hydrogen-bond donors (Lipinski definition) is 2. The average molecular weight is 234 g/mol. The van der Waals surface area contributed by atoms with Crippen LogP contribution in [0, 0.1) is 0 Å². The highest BCUT2D eigenvalue weighted by atomic mass is 16.5. The molecule has 4 nitrogen and oxygen atoms in total. The predicted octanol–water partition coefficient (Wildman–Crippen LogP) is 1.19. The molecule has 1 aliphatic carbocycles. The topological polar surface area (TPSA) is 64.3 Å². The Kier molecular flexibility index (Phi) is 3.64. The van der Waals surface area contributed by atoms with Crippen molar-refractivity contribution in [3.05, 3.63) is 29.8 Å². The molecular weight excluding hydrogens is 216 g/mol. The third-order valence-electron chi connectivity index (χ3n) is 2.76. The number of carbonyl (C=O) groups is 1. The van der Waals surface area contributed by atoms with E-state index in [1.807, 2.05) is 24.3 Å². The third kappa shape index (κ3) is 3.46. The summed E-state index contributed by atoms with van der Waals surface area (Å²) in [6.07, 6.45) is 1.71. The molecule has 0 saturated heterocycles. The lowest BCUT2D eigenvalue weighted by atomic mass is 10.2. The van der Waals surface area contributed by atoms with Crippen LogP contribution in [0.3, 0.4) is 0 Å². The van der Waals surface area contributed by atoms with E-state index >= 15 is 0 Å². The fraction of sp³-hybridized carbons (Fsp3) is 0.462. The molecule has 4 heteroatoms. The average Bonchev–Trinajstić information content (AvgIpc) is 3.14. The number of nitrogens with one attached hydrogen (secondary N) is 1. The second-order valence-electron chi connectivity index (χ2n) is 4.39. The van der Waals surface area contributed by atoms with E-state index in [9.17, 15) is 4.79 Å². The van der Waals surface area contributed by atoms with Crippen LogP contribution in [-0.2, 0) is 11.3 Å². The molecule has 1 aliphatic rings. The Labute approximate surface area is 101 Å². The van der Waals surface area contributed by atoms with Gasteiger partial charge in [-0.1, -0.05) is 12.1 Å². The highest BCUT2D eigenvalue weighted by Crippen LogP contribution is 2.19. The molecule has 1 unspecified atom stereocenters. The van der Waals surface area contributed by atoms with E-state index in [0.29, 0.717) is 18.3 Å². The molecule has 0 aromatic heterocycles. The maximum Gasteiger partial charge on any atom is 0.260 e. The lowest BCUT2D eigenvalue weighted by molar-refractivity contribution is -0.127. The van der Waals surface area contributed by atoms with Gasteiger partial charge < -0.3 is 15.8 Å². The van der Waals surface area contributed by atoms with Crippen molar-refractivity contribution in [2.24, 2.45) is 5.73 Å². The van der Waals surface area contributed by atoms with Gasteiger partial charge >= 0.3 is 0 Å². The van der Waals surface area contributed by atoms with Gasteiger partial charge in [0.15, 0.2) is 6.10 Å². The van der Waals surface area contributed by atoms with E-state index in [4.69, 9.17) is 10.5 Å². The molecule has 92 valence electrons. The monoisotopic (exact) mass is 234 g/mol. The van der Waals surface area contributed by atoms with Crippen LogP contribution < -0.4 is 15.8 Å². The Morgan fingerprint density at radius 2 is 2.12 bits per heavy atom. The maximum absolute atomic E-state index is 11.7. The van der Waals surface area contributed by atoms with Crippen LogP contribution in [0.2, 0.25) is 0 Å². The SMILES string of the molecule is CC(Oc1ccc(CN)cc1)C(=O)NC1CC1. The van der Waals surface area contributed by atoms with Crippen molar-refractivity contribution in [2.75, 3.05) is 0 Å². The zero-order valence-corrected chi connectivity index (χ0v) is 9.98. The number of carbonyl (C=O) groups excluding carboxylic acids is 1. The lowest BCUT2D eigenvalue weighted by Crippen LogP contribution is -2.37. The van der Waals surface area contributed by atoms with Crippen LogP contribution >= 0.6 is 0 Å². The van der Waals surface area contributed by atoms with Crippen molar-refractivity contribution in [1.82, 2.24) is 5.32 Å². The fourth-order valence-corrected chi connectivity index (χ4v) is 1.51. The first-order valence-corrected chi connectivity index (χ1v) is 5.95. The van der Waals surface area contributed by atoms with E-state index in [0.717, 1.165) is 18.4 Å². The van der Waals surface area contributed by atoms with Gasteiger partial charge in [0.2, 0.25) is 0 Å². The number of nitrogens with two attached hydrogens (primary N) is 1. The molecule has 1 saturated carbocycles. The molecule has 1 aromatic rings. The van der Waals surface area contributed by atoms with Crippen molar-refractivity contribution < 1.29 is 9.53 Å². The lowest BCUT2D eigenvalue weighted by Gasteiger charge is -2.14. The minimum absolute atomic E-state index is 0.0459. The molecule has 0 aliphatic heterocycles. The van der Waals surface area contributed by atoms with Gasteiger partial charge in [0.05, 0.1) is 0 Å². The zero-order valence-electron chi connectivity index (χ0n) is 9.98. The first-order valence-electron chi connectivity index (χ1n) is 5.95. The third-order valence-corrected chi connectivity index (χ3v) is 2.76. The Morgan fingerprint density at radius 1 is 1.47 bits per heavy atom. The van der Waals surface area contributed by atoms with Gasteiger partial charge in [0.1, 0.15) is 5.75 Å². The quantitative estimate of drug-likeness (QED) is 0.804. The van der Waals surface area contributed by atoms with Crippen LogP contribution in [0.15, 0.2) is 24.3 Å². The molecule has 0 heterocycles. The Balaban J connectivity index is 1.87. The number of ether oxygens (including phenoxy) is 1. The highest BCUT2D eigenvalue weighted by Gasteiger charge is 2.26. The van der Waals surface area contributed by atoms with Crippen molar-refractivity contribution >= 4 is 5.91 Å². The molecule has 17 heavy (non-hydrogen) atoms. The summed E-state index contributed by atoms with van der Waals surface area (Å²) >= 11 is 0. The predicted molar refractivity (Wildman–Crippen MR) is 65.6 cm³/mol. The first kappa shape index (κ1) is 11.9. The van der Waals surface area contributed by atoms with Crippen LogP contribution in [-0.4, -0.2) is 18.1 Å². The largest absolute Gasteiger partial charge is 0.481 e. The summed E-state index contributed by atoms with van der Waals surface area (Å²) in [6, 6.07) is 7.85. The van der Waals surface area contributed by atoms with Crippen LogP contribution in [0.1, 0.15) is 25.3 Å². The molecule has 1 atom stereocenters. The van der Waals surface area contributed by atoms with Crippen molar-refractivity contribution in [3.8, 4) is 5.75 Å². The van der Waals surface area contributed by atoms with E-state index < -0.39 is 6.10 Å². The number of rotatable bonds is 5. The smallest absolute Gasteiger partial charge is 0.260 e. The molecule has 1 amide bonds. The van der Waals surface area contributed by atoms with Gasteiger partial charge in [-0.15, -0.1) is 0 Å². The molecule has 0 radical (unpaired) electrons. The van der Waals surface area contributed by atoms with Crippen LogP contribution in [0.25, 0.3) is 0 Å². The van der Waals surface area contributed by atoms with E-state index in [1.165, 1.54) is 0 Å². The Hall–Kier alpha value is -1.55. The van der Waals surface area contributed by atoms with E-state index in [-0.39, 0.29) is 5.91 Å². The molecular formula is C13H18N2O2. The first-order chi connectivity index (χ1) is 8.19. The minimum Gasteiger partial charge on any atom is -0.481 e. The number of hydrogen-bond acceptors (Lipinski definition) is 3. The summed E-state index contributed by atoms with van der Waals surface area (Å²) < 4.78 is 5.55. The maximum atomic E-state index is 11.7. The molecule has 0 spiro atoms. The number of benzene rings is 1.